The van der Waals surface area contributed by atoms with E-state index in [1.807, 2.05) is 53.2 Å². The van der Waals surface area contributed by atoms with Gasteiger partial charge in [0, 0.05) is 85.3 Å². The molecule has 7 rings (SSSR count). The molecule has 3 aliphatic heterocycles. The van der Waals surface area contributed by atoms with E-state index in [0.717, 1.165) is 0 Å². The molecule has 20 heteroatoms. The number of fused-ring (bicyclic) bond motifs is 6. The molecule has 66 heavy (non-hydrogen) atoms. The van der Waals surface area contributed by atoms with Gasteiger partial charge < -0.3 is 33.7 Å². The number of nitrogens with zero attached hydrogens (tertiary/aromatic N) is 7. The number of benzene rings is 1. The lowest BCUT2D eigenvalue weighted by Crippen LogP contribution is -2.64. The van der Waals surface area contributed by atoms with Crippen molar-refractivity contribution in [2.75, 3.05) is 54.5 Å². The number of likely N-dealkylation sites (N-methyl/N-ethyl adjacent to an activating group) is 2. The van der Waals surface area contributed by atoms with Gasteiger partial charge >= 0.3 is 18.2 Å². The molecule has 2 N–H and O–H groups in total. The van der Waals surface area contributed by atoms with E-state index in [1.54, 1.807) is 49.3 Å². The molecule has 0 spiro atoms. The van der Waals surface area contributed by atoms with Crippen LogP contribution in [0.4, 0.5) is 18.0 Å². The number of thiazole rings is 1. The molecular formula is C46H60F3N9O6SSi. The van der Waals surface area contributed by atoms with Gasteiger partial charge in [-0.2, -0.15) is 13.2 Å². The molecule has 15 nitrogen and oxygen atoms in total. The quantitative estimate of drug-likeness (QED) is 0.141. The van der Waals surface area contributed by atoms with Gasteiger partial charge in [-0.3, -0.25) is 24.4 Å². The standard InChI is InChI=1S/C46H60F3N9O6SSi/c1-26(2)39(55(8)44(62)56-21-29(22-56)54(6)7)41(59)53-66-36-19-37-51-34(23-65-37)28-14-15-35-31(18-28)32(20-45(4,5)25-64-43(61)33-13-11-17-58(52-33)42(36)60)40(57(35)24-46(47,48)49)30-12-10-16-50-38(30)27(3)63-9/h10,12,14-16,18,23,26-27,29,33,36,39,52H,11,13,17,19-22,24-25H2,1-9H3,(H,53,59)/t27-,33-,36?,39-/m0/s1. The first-order valence-corrected chi connectivity index (χ1v) is 24.2. The van der Waals surface area contributed by atoms with Crippen molar-refractivity contribution >= 4 is 55.7 Å². The van der Waals surface area contributed by atoms with Crippen molar-refractivity contribution < 1.29 is 41.8 Å². The monoisotopic (exact) mass is 951 g/mol. The molecule has 1 aromatic carbocycles. The van der Waals surface area contributed by atoms with Gasteiger partial charge in [0.15, 0.2) is 9.68 Å². The second kappa shape index (κ2) is 19.8. The number of carbonyl (C=O) groups is 4. The molecule has 356 valence electrons. The Labute approximate surface area is 390 Å². The minimum absolute atomic E-state index is 0.0646. The number of carbonyl (C=O) groups excluding carboxylic acids is 4. The van der Waals surface area contributed by atoms with Gasteiger partial charge in [0.2, 0.25) is 11.8 Å². The summed E-state index contributed by atoms with van der Waals surface area (Å²) in [5, 5.41) is 4.48. The number of esters is 1. The van der Waals surface area contributed by atoms with Gasteiger partial charge in [0.25, 0.3) is 0 Å². The fourth-order valence-corrected chi connectivity index (χ4v) is 11.1. The summed E-state index contributed by atoms with van der Waals surface area (Å²) in [5.74, 6) is -1.51. The summed E-state index contributed by atoms with van der Waals surface area (Å²) >= 11 is 1.34. The number of amides is 4. The highest BCUT2D eigenvalue weighted by Crippen LogP contribution is 2.43. The zero-order valence-electron chi connectivity index (χ0n) is 39.0. The number of rotatable bonds is 10. The molecule has 3 aliphatic rings. The number of methoxy groups -OCH3 is 1. The van der Waals surface area contributed by atoms with Crippen LogP contribution in [0.15, 0.2) is 41.9 Å². The van der Waals surface area contributed by atoms with E-state index >= 15 is 0 Å². The summed E-state index contributed by atoms with van der Waals surface area (Å²) < 4.78 is 56.8. The van der Waals surface area contributed by atoms with Crippen LogP contribution < -0.4 is 10.4 Å². The average molecular weight is 952 g/mol. The highest BCUT2D eigenvalue weighted by Gasteiger charge is 2.40. The van der Waals surface area contributed by atoms with Crippen LogP contribution in [0.5, 0.6) is 0 Å². The number of pyridine rings is 1. The first-order chi connectivity index (χ1) is 31.2. The van der Waals surface area contributed by atoms with E-state index in [4.69, 9.17) is 14.5 Å². The number of cyclic esters (lactones) is 1. The smallest absolute Gasteiger partial charge is 0.406 e. The summed E-state index contributed by atoms with van der Waals surface area (Å²) in [5.41, 5.74) is 5.09. The molecule has 2 radical (unpaired) electrons. The lowest BCUT2D eigenvalue weighted by Gasteiger charge is -2.45. The Hall–Kier alpha value is -4.89. The predicted octanol–water partition coefficient (Wildman–Crippen LogP) is 6.11. The second-order valence-electron chi connectivity index (χ2n) is 19.0. The lowest BCUT2D eigenvalue weighted by molar-refractivity contribution is -0.154. The van der Waals surface area contributed by atoms with Crippen LogP contribution >= 0.6 is 11.3 Å². The van der Waals surface area contributed by atoms with Crippen LogP contribution in [0.1, 0.15) is 69.8 Å². The molecule has 0 saturated carbocycles. The van der Waals surface area contributed by atoms with E-state index < -0.39 is 57.5 Å². The SMILES string of the molecule is CO[C@@H](C)c1ncccc1-c1c2c3cc(ccc3n1CC(F)(F)F)-c1csc(n1)CC([Si]NC(=O)[C@H](C(C)C)N(C)C(=O)N1CC(N(C)C)C1)C(=O)N1CCC[C@H](N1)C(=O)OCC(C)(C)C2. The topological polar surface area (TPSA) is 154 Å². The Morgan fingerprint density at radius 3 is 2.56 bits per heavy atom. The molecule has 4 amide bonds. The van der Waals surface area contributed by atoms with Gasteiger partial charge in [0.05, 0.1) is 40.3 Å². The molecular weight excluding hydrogens is 892 g/mol. The van der Waals surface area contributed by atoms with Crippen molar-refractivity contribution in [2.24, 2.45) is 11.3 Å². The minimum atomic E-state index is -4.57. The van der Waals surface area contributed by atoms with Crippen LogP contribution in [-0.4, -0.2) is 147 Å². The number of nitrogens with one attached hydrogen (secondary N) is 2. The Bertz CT molecular complexity index is 2440. The number of ether oxygens (including phenoxy) is 2. The van der Waals surface area contributed by atoms with Crippen molar-refractivity contribution in [2.45, 2.75) is 103 Å². The summed E-state index contributed by atoms with van der Waals surface area (Å²) in [4.78, 5) is 73.7. The molecule has 2 saturated heterocycles. The van der Waals surface area contributed by atoms with Crippen LogP contribution in [0, 0.1) is 11.3 Å². The maximum atomic E-state index is 14.6. The van der Waals surface area contributed by atoms with E-state index in [1.165, 1.54) is 32.9 Å². The Morgan fingerprint density at radius 2 is 1.88 bits per heavy atom. The van der Waals surface area contributed by atoms with E-state index in [2.05, 4.69) is 20.3 Å². The van der Waals surface area contributed by atoms with Crippen LogP contribution in [0.25, 0.3) is 33.4 Å². The Kier molecular flexibility index (Phi) is 14.7. The Morgan fingerprint density at radius 1 is 1.14 bits per heavy atom. The van der Waals surface area contributed by atoms with E-state index in [-0.39, 0.29) is 49.3 Å². The van der Waals surface area contributed by atoms with Crippen LogP contribution in [-0.2, 0) is 43.2 Å². The molecule has 6 heterocycles. The number of alkyl halides is 3. The average Bonchev–Trinajstić information content (AvgIpc) is 3.83. The molecule has 1 unspecified atom stereocenters. The number of hydrogen-bond acceptors (Lipinski definition) is 11. The molecule has 4 atom stereocenters. The molecule has 3 aromatic heterocycles. The molecule has 6 bridgehead atoms. The molecule has 0 aliphatic carbocycles. The number of aromatic nitrogens is 3. The number of halogens is 3. The molecule has 2 fully saturated rings. The largest absolute Gasteiger partial charge is 0.464 e. The maximum Gasteiger partial charge on any atom is 0.406 e. The number of hydrazine groups is 1. The zero-order chi connectivity index (χ0) is 47.8. The third-order valence-corrected chi connectivity index (χ3v) is 14.8. The van der Waals surface area contributed by atoms with Crippen molar-refractivity contribution in [1.82, 2.24) is 44.7 Å². The highest BCUT2D eigenvalue weighted by atomic mass is 32.1. The van der Waals surface area contributed by atoms with Crippen molar-refractivity contribution in [1.29, 1.82) is 0 Å². The summed E-state index contributed by atoms with van der Waals surface area (Å²) in [6.45, 7) is 9.46. The normalized spacial score (nSPS) is 20.5. The van der Waals surface area contributed by atoms with Crippen LogP contribution in [0.3, 0.4) is 0 Å². The predicted molar refractivity (Wildman–Crippen MR) is 246 cm³/mol. The third kappa shape index (κ3) is 10.6. The van der Waals surface area contributed by atoms with Crippen molar-refractivity contribution in [3.8, 4) is 22.5 Å². The number of likely N-dealkylation sites (tertiary alicyclic amines) is 1. The van der Waals surface area contributed by atoms with Gasteiger partial charge in [-0.1, -0.05) is 33.8 Å². The first-order valence-electron chi connectivity index (χ1n) is 22.3. The minimum Gasteiger partial charge on any atom is -0.464 e. The fourth-order valence-electron chi connectivity index (χ4n) is 9.02. The van der Waals surface area contributed by atoms with Gasteiger partial charge in [-0.15, -0.1) is 11.3 Å². The van der Waals surface area contributed by atoms with Crippen LogP contribution in [0.2, 0.25) is 5.54 Å². The fraction of sp³-hybridized carbons (Fsp3) is 0.565. The van der Waals surface area contributed by atoms with Crippen molar-refractivity contribution in [3.05, 3.63) is 58.2 Å². The number of urea groups is 1. The van der Waals surface area contributed by atoms with Gasteiger partial charge in [0.1, 0.15) is 18.6 Å². The van der Waals surface area contributed by atoms with E-state index in [9.17, 15) is 32.3 Å². The summed E-state index contributed by atoms with van der Waals surface area (Å²) in [7, 11) is 6.67. The summed E-state index contributed by atoms with van der Waals surface area (Å²) in [6, 6.07) is 7.10. The van der Waals surface area contributed by atoms with Gasteiger partial charge in [-0.05, 0) is 76.0 Å². The number of hydrogen-bond donors (Lipinski definition) is 2. The van der Waals surface area contributed by atoms with E-state index in [0.29, 0.717) is 82.2 Å². The maximum absolute atomic E-state index is 14.6. The second-order valence-corrected chi connectivity index (χ2v) is 21.1. The highest BCUT2D eigenvalue weighted by molar-refractivity contribution is 7.10. The summed E-state index contributed by atoms with van der Waals surface area (Å²) in [6.07, 6.45) is -2.23. The van der Waals surface area contributed by atoms with Crippen molar-refractivity contribution in [3.63, 3.8) is 0 Å². The lowest BCUT2D eigenvalue weighted by atomic mass is 9.84. The first kappa shape index (κ1) is 49.0. The molecule has 4 aromatic rings. The van der Waals surface area contributed by atoms with Gasteiger partial charge in [-0.25, -0.2) is 15.2 Å². The third-order valence-electron chi connectivity index (χ3n) is 12.7. The zero-order valence-corrected chi connectivity index (χ0v) is 40.8. The Balaban J connectivity index is 1.27.